The van der Waals surface area contributed by atoms with Crippen molar-refractivity contribution >= 4 is 6.29 Å². The van der Waals surface area contributed by atoms with Gasteiger partial charge in [0.2, 0.25) is 0 Å². The van der Waals surface area contributed by atoms with Gasteiger partial charge in [-0.05, 0) is 33.6 Å². The fourth-order valence-corrected chi connectivity index (χ4v) is 1.86. The number of aldehydes is 1. The van der Waals surface area contributed by atoms with Gasteiger partial charge in [0.1, 0.15) is 6.29 Å². The van der Waals surface area contributed by atoms with Crippen LogP contribution in [0.4, 0.5) is 0 Å². The third-order valence-electron chi connectivity index (χ3n) is 3.15. The standard InChI is InChI=1S/C11H18O2/c1-4-5-6-11(9-12)7-8-13-10(11,2)3/h4-5,9H,6-8H2,1-3H3/b5-4+. The maximum absolute atomic E-state index is 11.1. The quantitative estimate of drug-likeness (QED) is 0.494. The van der Waals surface area contributed by atoms with Gasteiger partial charge in [-0.15, -0.1) is 0 Å². The van der Waals surface area contributed by atoms with Crippen molar-refractivity contribution in [1.29, 1.82) is 0 Å². The number of carbonyl (C=O) groups excluding carboxylic acids is 1. The molecule has 1 aliphatic rings. The lowest BCUT2D eigenvalue weighted by Crippen LogP contribution is -2.40. The Kier molecular flexibility index (Phi) is 2.91. The highest BCUT2D eigenvalue weighted by molar-refractivity contribution is 5.62. The molecule has 1 saturated heterocycles. The van der Waals surface area contributed by atoms with Crippen molar-refractivity contribution in [1.82, 2.24) is 0 Å². The highest BCUT2D eigenvalue weighted by atomic mass is 16.5. The second-order valence-electron chi connectivity index (χ2n) is 4.16. The summed E-state index contributed by atoms with van der Waals surface area (Å²) in [7, 11) is 0. The highest BCUT2D eigenvalue weighted by Crippen LogP contribution is 2.44. The van der Waals surface area contributed by atoms with E-state index in [1.165, 1.54) is 0 Å². The molecule has 2 heteroatoms. The number of ether oxygens (including phenoxy) is 1. The van der Waals surface area contributed by atoms with Gasteiger partial charge in [-0.2, -0.15) is 0 Å². The Bertz CT molecular complexity index is 218. The Balaban J connectivity index is 2.85. The van der Waals surface area contributed by atoms with E-state index in [-0.39, 0.29) is 11.0 Å². The van der Waals surface area contributed by atoms with Crippen molar-refractivity contribution in [3.8, 4) is 0 Å². The van der Waals surface area contributed by atoms with Crippen LogP contribution in [0.15, 0.2) is 12.2 Å². The summed E-state index contributed by atoms with van der Waals surface area (Å²) in [6.07, 6.45) is 6.73. The summed E-state index contributed by atoms with van der Waals surface area (Å²) in [4.78, 5) is 11.1. The minimum Gasteiger partial charge on any atom is -0.374 e. The Morgan fingerprint density at radius 3 is 2.54 bits per heavy atom. The Hall–Kier alpha value is -0.630. The average Bonchev–Trinajstić information content (AvgIpc) is 2.38. The first-order valence-corrected chi connectivity index (χ1v) is 4.79. The minimum atomic E-state index is -0.311. The number of hydrogen-bond donors (Lipinski definition) is 0. The topological polar surface area (TPSA) is 26.3 Å². The molecular weight excluding hydrogens is 164 g/mol. The van der Waals surface area contributed by atoms with E-state index in [9.17, 15) is 4.79 Å². The molecule has 0 aromatic heterocycles. The van der Waals surface area contributed by atoms with Crippen LogP contribution in [0.3, 0.4) is 0 Å². The Morgan fingerprint density at radius 2 is 2.15 bits per heavy atom. The van der Waals surface area contributed by atoms with E-state index in [0.717, 1.165) is 19.1 Å². The lowest BCUT2D eigenvalue weighted by Gasteiger charge is -2.34. The zero-order valence-corrected chi connectivity index (χ0v) is 8.67. The van der Waals surface area contributed by atoms with Crippen molar-refractivity contribution in [2.75, 3.05) is 6.61 Å². The Labute approximate surface area is 80.0 Å². The molecule has 1 fully saturated rings. The SMILES string of the molecule is C/C=C/CC1(C=O)CCOC1(C)C. The summed E-state index contributed by atoms with van der Waals surface area (Å²) in [5.41, 5.74) is -0.617. The number of hydrogen-bond acceptors (Lipinski definition) is 2. The summed E-state index contributed by atoms with van der Waals surface area (Å²) < 4.78 is 5.58. The van der Waals surface area contributed by atoms with Crippen LogP contribution < -0.4 is 0 Å². The van der Waals surface area contributed by atoms with Crippen molar-refractivity contribution in [3.63, 3.8) is 0 Å². The maximum atomic E-state index is 11.1. The molecule has 0 amide bonds. The fourth-order valence-electron chi connectivity index (χ4n) is 1.86. The zero-order valence-electron chi connectivity index (χ0n) is 8.67. The molecule has 0 saturated carbocycles. The van der Waals surface area contributed by atoms with Crippen LogP contribution in [0.1, 0.15) is 33.6 Å². The molecule has 2 nitrogen and oxygen atoms in total. The van der Waals surface area contributed by atoms with Crippen molar-refractivity contribution < 1.29 is 9.53 Å². The smallest absolute Gasteiger partial charge is 0.129 e. The van der Waals surface area contributed by atoms with Crippen LogP contribution in [0.25, 0.3) is 0 Å². The van der Waals surface area contributed by atoms with Crippen LogP contribution in [-0.4, -0.2) is 18.5 Å². The largest absolute Gasteiger partial charge is 0.374 e. The summed E-state index contributed by atoms with van der Waals surface area (Å²) in [5, 5.41) is 0. The first-order valence-electron chi connectivity index (χ1n) is 4.79. The lowest BCUT2D eigenvalue weighted by atomic mass is 9.72. The fraction of sp³-hybridized carbons (Fsp3) is 0.727. The van der Waals surface area contributed by atoms with E-state index >= 15 is 0 Å². The van der Waals surface area contributed by atoms with Gasteiger partial charge in [0, 0.05) is 6.61 Å². The molecule has 0 aliphatic carbocycles. The second-order valence-corrected chi connectivity index (χ2v) is 4.16. The molecule has 1 atom stereocenters. The minimum absolute atomic E-state index is 0.306. The molecule has 0 N–H and O–H groups in total. The molecule has 0 bridgehead atoms. The van der Waals surface area contributed by atoms with Gasteiger partial charge in [0.25, 0.3) is 0 Å². The number of carbonyl (C=O) groups is 1. The summed E-state index contributed by atoms with van der Waals surface area (Å²) in [6, 6.07) is 0. The molecule has 0 aromatic carbocycles. The van der Waals surface area contributed by atoms with E-state index in [2.05, 4.69) is 0 Å². The van der Waals surface area contributed by atoms with Crippen LogP contribution >= 0.6 is 0 Å². The van der Waals surface area contributed by atoms with Gasteiger partial charge in [0.05, 0.1) is 11.0 Å². The molecule has 1 aliphatic heterocycles. The maximum Gasteiger partial charge on any atom is 0.129 e. The molecule has 13 heavy (non-hydrogen) atoms. The van der Waals surface area contributed by atoms with E-state index in [4.69, 9.17) is 4.74 Å². The molecule has 0 spiro atoms. The molecular formula is C11H18O2. The third kappa shape index (κ3) is 1.68. The van der Waals surface area contributed by atoms with Crippen molar-refractivity contribution in [3.05, 3.63) is 12.2 Å². The van der Waals surface area contributed by atoms with Gasteiger partial charge in [-0.1, -0.05) is 12.2 Å². The first-order chi connectivity index (χ1) is 6.08. The average molecular weight is 182 g/mol. The van der Waals surface area contributed by atoms with Crippen molar-refractivity contribution in [2.45, 2.75) is 39.2 Å². The van der Waals surface area contributed by atoms with Gasteiger partial charge in [-0.25, -0.2) is 0 Å². The van der Waals surface area contributed by atoms with Gasteiger partial charge in [-0.3, -0.25) is 0 Å². The molecule has 0 radical (unpaired) electrons. The zero-order chi connectivity index (χ0) is 9.95. The predicted octanol–water partition coefficient (Wildman–Crippen LogP) is 2.34. The third-order valence-corrected chi connectivity index (χ3v) is 3.15. The van der Waals surface area contributed by atoms with Crippen LogP contribution in [-0.2, 0) is 9.53 Å². The van der Waals surface area contributed by atoms with Gasteiger partial charge < -0.3 is 9.53 Å². The monoisotopic (exact) mass is 182 g/mol. The van der Waals surface area contributed by atoms with Crippen molar-refractivity contribution in [2.24, 2.45) is 5.41 Å². The van der Waals surface area contributed by atoms with E-state index in [1.807, 2.05) is 32.9 Å². The molecule has 74 valence electrons. The number of allylic oxidation sites excluding steroid dienone is 2. The molecule has 1 rings (SSSR count). The van der Waals surface area contributed by atoms with Gasteiger partial charge in [0.15, 0.2) is 0 Å². The lowest BCUT2D eigenvalue weighted by molar-refractivity contribution is -0.124. The molecule has 0 aromatic rings. The number of rotatable bonds is 3. The summed E-state index contributed by atoms with van der Waals surface area (Å²) >= 11 is 0. The van der Waals surface area contributed by atoms with Crippen LogP contribution in [0.5, 0.6) is 0 Å². The first kappa shape index (κ1) is 10.5. The summed E-state index contributed by atoms with van der Waals surface area (Å²) in [6.45, 7) is 6.67. The highest BCUT2D eigenvalue weighted by Gasteiger charge is 2.49. The van der Waals surface area contributed by atoms with E-state index < -0.39 is 0 Å². The van der Waals surface area contributed by atoms with E-state index in [1.54, 1.807) is 0 Å². The van der Waals surface area contributed by atoms with Crippen LogP contribution in [0, 0.1) is 5.41 Å². The van der Waals surface area contributed by atoms with Crippen LogP contribution in [0.2, 0.25) is 0 Å². The normalized spacial score (nSPS) is 32.5. The Morgan fingerprint density at radius 1 is 1.46 bits per heavy atom. The molecule has 1 unspecified atom stereocenters. The predicted molar refractivity (Wildman–Crippen MR) is 52.6 cm³/mol. The second kappa shape index (κ2) is 3.62. The molecule has 1 heterocycles. The van der Waals surface area contributed by atoms with E-state index in [0.29, 0.717) is 6.61 Å². The van der Waals surface area contributed by atoms with Gasteiger partial charge >= 0.3 is 0 Å². The summed E-state index contributed by atoms with van der Waals surface area (Å²) in [5.74, 6) is 0.